The van der Waals surface area contributed by atoms with Crippen LogP contribution in [0.25, 0.3) is 0 Å². The van der Waals surface area contributed by atoms with Crippen molar-refractivity contribution in [3.05, 3.63) is 0 Å². The number of ether oxygens (including phenoxy) is 1. The highest BCUT2D eigenvalue weighted by atomic mass is 16.5. The van der Waals surface area contributed by atoms with Crippen LogP contribution in [0, 0.1) is 0 Å². The molecule has 14 heavy (non-hydrogen) atoms. The summed E-state index contributed by atoms with van der Waals surface area (Å²) >= 11 is 0. The zero-order valence-corrected chi connectivity index (χ0v) is 9.01. The van der Waals surface area contributed by atoms with E-state index in [2.05, 4.69) is 10.6 Å². The van der Waals surface area contributed by atoms with Crippen LogP contribution in [0.3, 0.4) is 0 Å². The molecule has 1 fully saturated rings. The van der Waals surface area contributed by atoms with Gasteiger partial charge in [-0.3, -0.25) is 0 Å². The molecule has 0 unspecified atom stereocenters. The van der Waals surface area contributed by atoms with E-state index in [0.717, 1.165) is 25.7 Å². The number of rotatable bonds is 3. The minimum absolute atomic E-state index is 0.277. The second-order valence-corrected chi connectivity index (χ2v) is 3.70. The molecule has 0 aromatic heterocycles. The molecule has 4 heteroatoms. The van der Waals surface area contributed by atoms with Crippen molar-refractivity contribution in [2.24, 2.45) is 0 Å². The van der Waals surface area contributed by atoms with Gasteiger partial charge in [-0.1, -0.05) is 0 Å². The van der Waals surface area contributed by atoms with Gasteiger partial charge in [-0.05, 0) is 39.7 Å². The normalized spacial score (nSPS) is 27.0. The average Bonchev–Trinajstić information content (AvgIpc) is 2.19. The molecule has 1 amide bonds. The number of alkyl carbamates (subject to hydrolysis) is 1. The monoisotopic (exact) mass is 200 g/mol. The molecule has 4 nitrogen and oxygen atoms in total. The molecule has 0 aliphatic heterocycles. The van der Waals surface area contributed by atoms with Crippen molar-refractivity contribution in [2.45, 2.75) is 44.7 Å². The lowest BCUT2D eigenvalue weighted by atomic mass is 9.91. The summed E-state index contributed by atoms with van der Waals surface area (Å²) in [4.78, 5) is 11.1. The van der Waals surface area contributed by atoms with E-state index < -0.39 is 0 Å². The van der Waals surface area contributed by atoms with Crippen molar-refractivity contribution >= 4 is 6.09 Å². The molecule has 82 valence electrons. The van der Waals surface area contributed by atoms with Crippen LogP contribution in [0.4, 0.5) is 4.79 Å². The van der Waals surface area contributed by atoms with Crippen LogP contribution in [0.15, 0.2) is 0 Å². The fraction of sp³-hybridized carbons (Fsp3) is 0.900. The van der Waals surface area contributed by atoms with Gasteiger partial charge in [0.25, 0.3) is 0 Å². The van der Waals surface area contributed by atoms with Crippen LogP contribution in [0.2, 0.25) is 0 Å². The summed E-state index contributed by atoms with van der Waals surface area (Å²) in [5, 5.41) is 6.13. The Kier molecular flexibility index (Phi) is 4.73. The van der Waals surface area contributed by atoms with Crippen LogP contribution in [0.1, 0.15) is 32.6 Å². The molecule has 1 rings (SSSR count). The molecule has 1 saturated carbocycles. The minimum Gasteiger partial charge on any atom is -0.450 e. The van der Waals surface area contributed by atoms with E-state index in [1.54, 1.807) is 0 Å². The predicted octanol–water partition coefficient (Wildman–Crippen LogP) is 1.26. The molecule has 1 aliphatic carbocycles. The molecule has 1 aliphatic rings. The number of amides is 1. The molecule has 0 aromatic carbocycles. The van der Waals surface area contributed by atoms with Gasteiger partial charge in [-0.15, -0.1) is 0 Å². The highest BCUT2D eigenvalue weighted by molar-refractivity contribution is 5.67. The topological polar surface area (TPSA) is 50.4 Å². The Balaban J connectivity index is 2.18. The summed E-state index contributed by atoms with van der Waals surface area (Å²) in [6.07, 6.45) is 4.08. The van der Waals surface area contributed by atoms with Gasteiger partial charge in [0.05, 0.1) is 6.61 Å². The Morgan fingerprint density at radius 1 is 1.29 bits per heavy atom. The smallest absolute Gasteiger partial charge is 0.407 e. The van der Waals surface area contributed by atoms with Crippen molar-refractivity contribution in [3.8, 4) is 0 Å². The maximum atomic E-state index is 11.1. The van der Waals surface area contributed by atoms with Crippen molar-refractivity contribution in [3.63, 3.8) is 0 Å². The highest BCUT2D eigenvalue weighted by Crippen LogP contribution is 2.18. The van der Waals surface area contributed by atoms with E-state index in [-0.39, 0.29) is 6.09 Å². The largest absolute Gasteiger partial charge is 0.450 e. The molecule has 0 radical (unpaired) electrons. The van der Waals surface area contributed by atoms with E-state index in [4.69, 9.17) is 4.74 Å². The second-order valence-electron chi connectivity index (χ2n) is 3.70. The third-order valence-corrected chi connectivity index (χ3v) is 2.73. The standard InChI is InChI=1S/C10H20N2O2/c1-3-14-10(13)12-9-6-4-8(11-2)5-7-9/h8-9,11H,3-7H2,1-2H3,(H,12,13). The molecular weight excluding hydrogens is 180 g/mol. The van der Waals surface area contributed by atoms with Gasteiger partial charge in [0.1, 0.15) is 0 Å². The molecular formula is C10H20N2O2. The molecule has 0 aromatic rings. The Morgan fingerprint density at radius 3 is 2.36 bits per heavy atom. The van der Waals surface area contributed by atoms with Gasteiger partial charge in [-0.2, -0.15) is 0 Å². The van der Waals surface area contributed by atoms with Crippen molar-refractivity contribution in [1.29, 1.82) is 0 Å². The number of carbonyl (C=O) groups is 1. The molecule has 0 heterocycles. The first-order chi connectivity index (χ1) is 6.76. The highest BCUT2D eigenvalue weighted by Gasteiger charge is 2.21. The van der Waals surface area contributed by atoms with Gasteiger partial charge < -0.3 is 15.4 Å². The SMILES string of the molecule is CCOC(=O)NC1CCC(NC)CC1. The summed E-state index contributed by atoms with van der Waals surface area (Å²) in [5.41, 5.74) is 0. The Labute approximate surface area is 85.4 Å². The third-order valence-electron chi connectivity index (χ3n) is 2.73. The van der Waals surface area contributed by atoms with Gasteiger partial charge in [0, 0.05) is 12.1 Å². The first-order valence-corrected chi connectivity index (χ1v) is 5.36. The van der Waals surface area contributed by atoms with Gasteiger partial charge >= 0.3 is 6.09 Å². The minimum atomic E-state index is -0.277. The van der Waals surface area contributed by atoms with Crippen LogP contribution in [0.5, 0.6) is 0 Å². The summed E-state index contributed by atoms with van der Waals surface area (Å²) in [6.45, 7) is 2.26. The summed E-state index contributed by atoms with van der Waals surface area (Å²) in [7, 11) is 1.99. The van der Waals surface area contributed by atoms with E-state index in [9.17, 15) is 4.79 Å². The zero-order valence-electron chi connectivity index (χ0n) is 9.01. The van der Waals surface area contributed by atoms with Crippen LogP contribution in [-0.4, -0.2) is 31.8 Å². The van der Waals surface area contributed by atoms with E-state index >= 15 is 0 Å². The fourth-order valence-corrected chi connectivity index (χ4v) is 1.87. The number of carbonyl (C=O) groups excluding carboxylic acids is 1. The molecule has 0 spiro atoms. The third kappa shape index (κ3) is 3.54. The molecule has 0 saturated heterocycles. The number of hydrogen-bond acceptors (Lipinski definition) is 3. The van der Waals surface area contributed by atoms with Crippen molar-refractivity contribution in [1.82, 2.24) is 10.6 Å². The Morgan fingerprint density at radius 2 is 1.86 bits per heavy atom. The number of nitrogens with one attached hydrogen (secondary N) is 2. The molecule has 2 N–H and O–H groups in total. The van der Waals surface area contributed by atoms with Crippen molar-refractivity contribution in [2.75, 3.05) is 13.7 Å². The summed E-state index contributed by atoms with van der Waals surface area (Å²) < 4.78 is 4.83. The lowest BCUT2D eigenvalue weighted by molar-refractivity contribution is 0.144. The lowest BCUT2D eigenvalue weighted by Gasteiger charge is -2.28. The van der Waals surface area contributed by atoms with Crippen LogP contribution in [-0.2, 0) is 4.74 Å². The van der Waals surface area contributed by atoms with Crippen LogP contribution >= 0.6 is 0 Å². The number of hydrogen-bond donors (Lipinski definition) is 2. The predicted molar refractivity (Wildman–Crippen MR) is 55.3 cm³/mol. The molecule has 0 atom stereocenters. The quantitative estimate of drug-likeness (QED) is 0.721. The zero-order chi connectivity index (χ0) is 10.4. The maximum Gasteiger partial charge on any atom is 0.407 e. The first kappa shape index (κ1) is 11.3. The molecule has 0 bridgehead atoms. The summed E-state index contributed by atoms with van der Waals surface area (Å²) in [5.74, 6) is 0. The van der Waals surface area contributed by atoms with E-state index in [1.165, 1.54) is 0 Å². The first-order valence-electron chi connectivity index (χ1n) is 5.36. The summed E-state index contributed by atoms with van der Waals surface area (Å²) in [6, 6.07) is 0.925. The lowest BCUT2D eigenvalue weighted by Crippen LogP contribution is -2.41. The van der Waals surface area contributed by atoms with E-state index in [0.29, 0.717) is 18.7 Å². The van der Waals surface area contributed by atoms with Crippen molar-refractivity contribution < 1.29 is 9.53 Å². The second kappa shape index (κ2) is 5.86. The Hall–Kier alpha value is -0.770. The van der Waals surface area contributed by atoms with E-state index in [1.807, 2.05) is 14.0 Å². The van der Waals surface area contributed by atoms with Gasteiger partial charge in [0.15, 0.2) is 0 Å². The van der Waals surface area contributed by atoms with Gasteiger partial charge in [0.2, 0.25) is 0 Å². The Bertz CT molecular complexity index is 177. The maximum absolute atomic E-state index is 11.1. The van der Waals surface area contributed by atoms with Gasteiger partial charge in [-0.25, -0.2) is 4.79 Å². The average molecular weight is 200 g/mol. The van der Waals surface area contributed by atoms with Crippen LogP contribution < -0.4 is 10.6 Å². The fourth-order valence-electron chi connectivity index (χ4n) is 1.87.